The Hall–Kier alpha value is -1.22. The third-order valence-corrected chi connectivity index (χ3v) is 1.78. The highest BCUT2D eigenvalue weighted by Crippen LogP contribution is 2.13. The lowest BCUT2D eigenvalue weighted by Gasteiger charge is -2.04. The Morgan fingerprint density at radius 3 is 2.31 bits per heavy atom. The molecule has 0 saturated carbocycles. The summed E-state index contributed by atoms with van der Waals surface area (Å²) in [5.74, 6) is 0. The summed E-state index contributed by atoms with van der Waals surface area (Å²) < 4.78 is 5.24. The molecule has 13 heavy (non-hydrogen) atoms. The quantitative estimate of drug-likeness (QED) is 0.544. The van der Waals surface area contributed by atoms with E-state index in [1.807, 2.05) is 19.1 Å². The van der Waals surface area contributed by atoms with Crippen molar-refractivity contribution >= 4 is 11.4 Å². The summed E-state index contributed by atoms with van der Waals surface area (Å²) in [7, 11) is 0. The zero-order valence-electron chi connectivity index (χ0n) is 7.92. The lowest BCUT2D eigenvalue weighted by Crippen LogP contribution is -2.00. The zero-order chi connectivity index (χ0) is 9.68. The molecule has 0 aliphatic rings. The van der Waals surface area contributed by atoms with E-state index in [2.05, 4.69) is 0 Å². The van der Waals surface area contributed by atoms with Crippen LogP contribution in [0.25, 0.3) is 0 Å². The van der Waals surface area contributed by atoms with Crippen LogP contribution in [-0.2, 0) is 11.2 Å². The first-order chi connectivity index (χ1) is 6.22. The number of nitrogens with two attached hydrogens (primary N) is 2. The fraction of sp³-hybridized carbons (Fsp3) is 0.400. The molecule has 4 N–H and O–H groups in total. The van der Waals surface area contributed by atoms with Crippen molar-refractivity contribution in [3.8, 4) is 0 Å². The van der Waals surface area contributed by atoms with Gasteiger partial charge < -0.3 is 16.2 Å². The maximum Gasteiger partial charge on any atom is 0.0506 e. The Labute approximate surface area is 78.7 Å². The van der Waals surface area contributed by atoms with E-state index in [-0.39, 0.29) is 0 Å². The number of ether oxygens (including phenoxy) is 1. The summed E-state index contributed by atoms with van der Waals surface area (Å²) >= 11 is 0. The van der Waals surface area contributed by atoms with Crippen molar-refractivity contribution < 1.29 is 4.74 Å². The average Bonchev–Trinajstić information content (AvgIpc) is 2.03. The van der Waals surface area contributed by atoms with Crippen LogP contribution in [0.15, 0.2) is 18.2 Å². The maximum absolute atomic E-state index is 5.64. The maximum atomic E-state index is 5.64. The standard InChI is InChI=1S/C10H16N2O/c1-2-13-4-3-8-5-9(11)7-10(12)6-8/h5-7H,2-4,11-12H2,1H3. The zero-order valence-corrected chi connectivity index (χ0v) is 7.92. The highest BCUT2D eigenvalue weighted by atomic mass is 16.5. The van der Waals surface area contributed by atoms with E-state index in [9.17, 15) is 0 Å². The highest BCUT2D eigenvalue weighted by Gasteiger charge is 1.96. The summed E-state index contributed by atoms with van der Waals surface area (Å²) in [6.45, 7) is 3.45. The van der Waals surface area contributed by atoms with Crippen LogP contribution in [0.5, 0.6) is 0 Å². The Morgan fingerprint density at radius 1 is 1.15 bits per heavy atom. The molecule has 0 bridgehead atoms. The van der Waals surface area contributed by atoms with Crippen molar-refractivity contribution in [3.05, 3.63) is 23.8 Å². The van der Waals surface area contributed by atoms with Crippen LogP contribution in [0.4, 0.5) is 11.4 Å². The summed E-state index contributed by atoms with van der Waals surface area (Å²) in [5.41, 5.74) is 13.8. The molecule has 0 aliphatic heterocycles. The molecule has 0 unspecified atom stereocenters. The molecule has 0 radical (unpaired) electrons. The van der Waals surface area contributed by atoms with E-state index in [4.69, 9.17) is 16.2 Å². The van der Waals surface area contributed by atoms with Gasteiger partial charge in [0.1, 0.15) is 0 Å². The van der Waals surface area contributed by atoms with Gasteiger partial charge in [-0.2, -0.15) is 0 Å². The van der Waals surface area contributed by atoms with Crippen molar-refractivity contribution in [3.63, 3.8) is 0 Å². The Morgan fingerprint density at radius 2 is 1.77 bits per heavy atom. The van der Waals surface area contributed by atoms with Crippen LogP contribution in [-0.4, -0.2) is 13.2 Å². The van der Waals surface area contributed by atoms with Crippen LogP contribution in [0, 0.1) is 0 Å². The fourth-order valence-electron chi connectivity index (χ4n) is 1.22. The monoisotopic (exact) mass is 180 g/mol. The van der Waals surface area contributed by atoms with E-state index < -0.39 is 0 Å². The molecule has 0 heterocycles. The molecule has 0 spiro atoms. The number of anilines is 2. The largest absolute Gasteiger partial charge is 0.399 e. The molecular weight excluding hydrogens is 164 g/mol. The van der Waals surface area contributed by atoms with Gasteiger partial charge in [-0.3, -0.25) is 0 Å². The van der Waals surface area contributed by atoms with Crippen LogP contribution in [0.3, 0.4) is 0 Å². The normalized spacial score (nSPS) is 10.2. The summed E-state index contributed by atoms with van der Waals surface area (Å²) in [6.07, 6.45) is 0.864. The van der Waals surface area contributed by atoms with Gasteiger partial charge in [0.25, 0.3) is 0 Å². The van der Waals surface area contributed by atoms with Gasteiger partial charge in [-0.1, -0.05) is 0 Å². The molecule has 0 amide bonds. The highest BCUT2D eigenvalue weighted by molar-refractivity contribution is 5.54. The summed E-state index contributed by atoms with van der Waals surface area (Å²) in [5, 5.41) is 0. The molecule has 0 atom stereocenters. The van der Waals surface area contributed by atoms with Crippen LogP contribution >= 0.6 is 0 Å². The minimum absolute atomic E-state index is 0.714. The number of benzene rings is 1. The van der Waals surface area contributed by atoms with E-state index >= 15 is 0 Å². The molecule has 3 heteroatoms. The van der Waals surface area contributed by atoms with Crippen molar-refractivity contribution in [1.82, 2.24) is 0 Å². The SMILES string of the molecule is CCOCCc1cc(N)cc(N)c1. The molecule has 3 nitrogen and oxygen atoms in total. The third kappa shape index (κ3) is 3.34. The van der Waals surface area contributed by atoms with Gasteiger partial charge in [-0.05, 0) is 37.1 Å². The van der Waals surface area contributed by atoms with Gasteiger partial charge in [0.05, 0.1) is 6.61 Å². The number of hydrogen-bond acceptors (Lipinski definition) is 3. The first-order valence-electron chi connectivity index (χ1n) is 4.45. The van der Waals surface area contributed by atoms with Crippen LogP contribution < -0.4 is 11.5 Å². The smallest absolute Gasteiger partial charge is 0.0506 e. The number of rotatable bonds is 4. The van der Waals surface area contributed by atoms with E-state index in [0.29, 0.717) is 11.4 Å². The van der Waals surface area contributed by atoms with Gasteiger partial charge in [0.2, 0.25) is 0 Å². The second-order valence-corrected chi connectivity index (χ2v) is 2.95. The van der Waals surface area contributed by atoms with Crippen LogP contribution in [0.1, 0.15) is 12.5 Å². The van der Waals surface area contributed by atoms with E-state index in [1.54, 1.807) is 6.07 Å². The second kappa shape index (κ2) is 4.72. The van der Waals surface area contributed by atoms with Gasteiger partial charge in [-0.15, -0.1) is 0 Å². The number of nitrogen functional groups attached to an aromatic ring is 2. The summed E-state index contributed by atoms with van der Waals surface area (Å²) in [4.78, 5) is 0. The molecule has 72 valence electrons. The van der Waals surface area contributed by atoms with Gasteiger partial charge >= 0.3 is 0 Å². The van der Waals surface area contributed by atoms with Crippen molar-refractivity contribution in [2.75, 3.05) is 24.7 Å². The summed E-state index contributed by atoms with van der Waals surface area (Å²) in [6, 6.07) is 5.61. The predicted molar refractivity (Wildman–Crippen MR) is 55.5 cm³/mol. The predicted octanol–water partition coefficient (Wildman–Crippen LogP) is 1.43. The average molecular weight is 180 g/mol. The van der Waals surface area contributed by atoms with Gasteiger partial charge in [0.15, 0.2) is 0 Å². The second-order valence-electron chi connectivity index (χ2n) is 2.95. The molecule has 1 aromatic rings. The fourth-order valence-corrected chi connectivity index (χ4v) is 1.22. The topological polar surface area (TPSA) is 61.3 Å². The molecule has 0 fully saturated rings. The molecular formula is C10H16N2O. The Bertz CT molecular complexity index is 253. The van der Waals surface area contributed by atoms with Gasteiger partial charge in [-0.25, -0.2) is 0 Å². The molecule has 1 aromatic carbocycles. The van der Waals surface area contributed by atoms with E-state index in [1.165, 1.54) is 0 Å². The third-order valence-electron chi connectivity index (χ3n) is 1.78. The van der Waals surface area contributed by atoms with Crippen LogP contribution in [0.2, 0.25) is 0 Å². The lowest BCUT2D eigenvalue weighted by molar-refractivity contribution is 0.151. The Kier molecular flexibility index (Phi) is 3.58. The molecule has 1 rings (SSSR count). The lowest BCUT2D eigenvalue weighted by atomic mass is 10.1. The van der Waals surface area contributed by atoms with Crippen molar-refractivity contribution in [1.29, 1.82) is 0 Å². The molecule has 0 saturated heterocycles. The first-order valence-corrected chi connectivity index (χ1v) is 4.45. The van der Waals surface area contributed by atoms with E-state index in [0.717, 1.165) is 25.2 Å². The van der Waals surface area contributed by atoms with Crippen molar-refractivity contribution in [2.45, 2.75) is 13.3 Å². The van der Waals surface area contributed by atoms with Crippen molar-refractivity contribution in [2.24, 2.45) is 0 Å². The molecule has 0 aliphatic carbocycles. The molecule has 0 aromatic heterocycles. The minimum atomic E-state index is 0.714. The first kappa shape index (κ1) is 9.86. The Balaban J connectivity index is 2.56. The van der Waals surface area contributed by atoms with Gasteiger partial charge in [0, 0.05) is 18.0 Å². The minimum Gasteiger partial charge on any atom is -0.399 e. The number of hydrogen-bond donors (Lipinski definition) is 2.